The van der Waals surface area contributed by atoms with Crippen molar-refractivity contribution in [2.75, 3.05) is 26.2 Å². The van der Waals surface area contributed by atoms with Crippen LogP contribution in [-0.2, 0) is 17.9 Å². The van der Waals surface area contributed by atoms with E-state index >= 15 is 0 Å². The fourth-order valence-electron chi connectivity index (χ4n) is 2.06. The van der Waals surface area contributed by atoms with Crippen LogP contribution >= 0.6 is 0 Å². The number of hydrogen-bond acceptors (Lipinski definition) is 4. The molecule has 16 heavy (non-hydrogen) atoms. The normalized spacial score (nSPS) is 22.5. The van der Waals surface area contributed by atoms with Crippen molar-refractivity contribution in [3.8, 4) is 0 Å². The standard InChI is InChI=1S/C11H19N3O2/c1-2-13-5-6-16-10(7-13)8-14-4-3-12-11(14)9-15/h3-4,10,15H,2,5-9H2,1H3. The minimum absolute atomic E-state index is 0.0167. The first-order valence-corrected chi connectivity index (χ1v) is 5.78. The van der Waals surface area contributed by atoms with Gasteiger partial charge in [0, 0.05) is 25.5 Å². The number of rotatable bonds is 4. The molecule has 1 unspecified atom stereocenters. The first-order chi connectivity index (χ1) is 7.83. The van der Waals surface area contributed by atoms with Crippen LogP contribution < -0.4 is 0 Å². The molecule has 0 aliphatic carbocycles. The molecule has 0 saturated carbocycles. The van der Waals surface area contributed by atoms with E-state index in [4.69, 9.17) is 9.84 Å². The van der Waals surface area contributed by atoms with Crippen molar-refractivity contribution in [2.24, 2.45) is 0 Å². The van der Waals surface area contributed by atoms with Gasteiger partial charge in [-0.3, -0.25) is 4.90 Å². The zero-order valence-corrected chi connectivity index (χ0v) is 9.67. The number of imidazole rings is 1. The van der Waals surface area contributed by atoms with Gasteiger partial charge in [-0.2, -0.15) is 0 Å². The van der Waals surface area contributed by atoms with Crippen molar-refractivity contribution in [3.05, 3.63) is 18.2 Å². The molecule has 1 saturated heterocycles. The zero-order valence-electron chi connectivity index (χ0n) is 9.67. The lowest BCUT2D eigenvalue weighted by atomic mass is 10.2. The van der Waals surface area contributed by atoms with Crippen molar-refractivity contribution in [1.82, 2.24) is 14.5 Å². The highest BCUT2D eigenvalue weighted by Crippen LogP contribution is 2.08. The average molecular weight is 225 g/mol. The van der Waals surface area contributed by atoms with E-state index in [-0.39, 0.29) is 12.7 Å². The van der Waals surface area contributed by atoms with Crippen molar-refractivity contribution in [2.45, 2.75) is 26.2 Å². The van der Waals surface area contributed by atoms with Crippen LogP contribution in [0.25, 0.3) is 0 Å². The molecule has 1 atom stereocenters. The minimum atomic E-state index is -0.0167. The largest absolute Gasteiger partial charge is 0.388 e. The van der Waals surface area contributed by atoms with Gasteiger partial charge in [0.1, 0.15) is 12.4 Å². The predicted octanol–water partition coefficient (Wildman–Crippen LogP) is 0.0961. The second-order valence-corrected chi connectivity index (χ2v) is 4.04. The van der Waals surface area contributed by atoms with E-state index < -0.39 is 0 Å². The fraction of sp³-hybridized carbons (Fsp3) is 0.727. The van der Waals surface area contributed by atoms with E-state index in [0.29, 0.717) is 5.82 Å². The molecule has 0 radical (unpaired) electrons. The Morgan fingerprint density at radius 1 is 1.62 bits per heavy atom. The molecule has 1 aromatic rings. The minimum Gasteiger partial charge on any atom is -0.388 e. The summed E-state index contributed by atoms with van der Waals surface area (Å²) in [5.74, 6) is 0.706. The number of ether oxygens (including phenoxy) is 1. The van der Waals surface area contributed by atoms with Crippen molar-refractivity contribution >= 4 is 0 Å². The molecule has 0 spiro atoms. The molecule has 0 bridgehead atoms. The van der Waals surface area contributed by atoms with Crippen LogP contribution in [0.1, 0.15) is 12.7 Å². The molecule has 2 rings (SSSR count). The van der Waals surface area contributed by atoms with Crippen molar-refractivity contribution in [1.29, 1.82) is 0 Å². The number of hydrogen-bond donors (Lipinski definition) is 1. The third kappa shape index (κ3) is 2.61. The maximum atomic E-state index is 9.10. The van der Waals surface area contributed by atoms with Gasteiger partial charge in [0.05, 0.1) is 19.3 Å². The quantitative estimate of drug-likeness (QED) is 0.789. The summed E-state index contributed by atoms with van der Waals surface area (Å²) in [6.07, 6.45) is 3.80. The van der Waals surface area contributed by atoms with E-state index in [1.54, 1.807) is 6.20 Å². The van der Waals surface area contributed by atoms with E-state index in [1.807, 2.05) is 10.8 Å². The fourth-order valence-corrected chi connectivity index (χ4v) is 2.06. The molecule has 5 heteroatoms. The topological polar surface area (TPSA) is 50.5 Å². The van der Waals surface area contributed by atoms with Gasteiger partial charge in [-0.05, 0) is 6.54 Å². The van der Waals surface area contributed by atoms with Crippen molar-refractivity contribution < 1.29 is 9.84 Å². The summed E-state index contributed by atoms with van der Waals surface area (Å²) in [7, 11) is 0. The van der Waals surface area contributed by atoms with Crippen LogP contribution in [-0.4, -0.2) is 51.9 Å². The molecule has 2 heterocycles. The molecule has 5 nitrogen and oxygen atoms in total. The molecule has 1 aliphatic rings. The first-order valence-electron chi connectivity index (χ1n) is 5.78. The molecule has 0 amide bonds. The van der Waals surface area contributed by atoms with Gasteiger partial charge in [0.2, 0.25) is 0 Å². The Bertz CT molecular complexity index is 327. The van der Waals surface area contributed by atoms with E-state index in [0.717, 1.165) is 32.8 Å². The highest BCUT2D eigenvalue weighted by Gasteiger charge is 2.20. The summed E-state index contributed by atoms with van der Waals surface area (Å²) in [5.41, 5.74) is 0. The first kappa shape index (κ1) is 11.6. The zero-order chi connectivity index (χ0) is 11.4. The predicted molar refractivity (Wildman–Crippen MR) is 60.0 cm³/mol. The molecule has 0 aromatic carbocycles. The number of aliphatic hydroxyl groups is 1. The third-order valence-electron chi connectivity index (χ3n) is 3.01. The lowest BCUT2D eigenvalue weighted by Crippen LogP contribution is -2.44. The highest BCUT2D eigenvalue weighted by atomic mass is 16.5. The Labute approximate surface area is 95.7 Å². The second-order valence-electron chi connectivity index (χ2n) is 4.04. The summed E-state index contributed by atoms with van der Waals surface area (Å²) < 4.78 is 7.67. The summed E-state index contributed by atoms with van der Waals surface area (Å²) >= 11 is 0. The van der Waals surface area contributed by atoms with Crippen LogP contribution in [0, 0.1) is 0 Å². The van der Waals surface area contributed by atoms with E-state index in [1.165, 1.54) is 0 Å². The van der Waals surface area contributed by atoms with Crippen LogP contribution in [0.15, 0.2) is 12.4 Å². The summed E-state index contributed by atoms with van der Waals surface area (Å²) in [6.45, 7) is 6.75. The highest BCUT2D eigenvalue weighted by molar-refractivity contribution is 4.91. The molecular weight excluding hydrogens is 206 g/mol. The summed E-state index contributed by atoms with van der Waals surface area (Å²) in [6, 6.07) is 0. The maximum absolute atomic E-state index is 9.10. The monoisotopic (exact) mass is 225 g/mol. The van der Waals surface area contributed by atoms with E-state index in [9.17, 15) is 0 Å². The van der Waals surface area contributed by atoms with Gasteiger partial charge in [-0.15, -0.1) is 0 Å². The Morgan fingerprint density at radius 2 is 2.50 bits per heavy atom. The number of aliphatic hydroxyl groups excluding tert-OH is 1. The van der Waals surface area contributed by atoms with Gasteiger partial charge < -0.3 is 14.4 Å². The molecule has 1 aliphatic heterocycles. The maximum Gasteiger partial charge on any atom is 0.134 e. The summed E-state index contributed by atoms with van der Waals surface area (Å²) in [4.78, 5) is 6.46. The number of aromatic nitrogens is 2. The van der Waals surface area contributed by atoms with Crippen LogP contribution in [0.3, 0.4) is 0 Å². The number of morpholine rings is 1. The summed E-state index contributed by atoms with van der Waals surface area (Å²) in [5, 5.41) is 9.10. The molecule has 90 valence electrons. The average Bonchev–Trinajstić information content (AvgIpc) is 2.76. The molecule has 1 N–H and O–H groups in total. The van der Waals surface area contributed by atoms with Gasteiger partial charge in [-0.1, -0.05) is 6.92 Å². The van der Waals surface area contributed by atoms with Gasteiger partial charge in [0.25, 0.3) is 0 Å². The van der Waals surface area contributed by atoms with Crippen molar-refractivity contribution in [3.63, 3.8) is 0 Å². The smallest absolute Gasteiger partial charge is 0.134 e. The van der Waals surface area contributed by atoms with Gasteiger partial charge >= 0.3 is 0 Å². The van der Waals surface area contributed by atoms with Crippen LogP contribution in [0.5, 0.6) is 0 Å². The van der Waals surface area contributed by atoms with E-state index in [2.05, 4.69) is 16.8 Å². The van der Waals surface area contributed by atoms with Crippen LogP contribution in [0.2, 0.25) is 0 Å². The second kappa shape index (κ2) is 5.43. The molecule has 1 aromatic heterocycles. The SMILES string of the molecule is CCN1CCOC(Cn2ccnc2CO)C1. The third-order valence-corrected chi connectivity index (χ3v) is 3.01. The Kier molecular flexibility index (Phi) is 3.93. The lowest BCUT2D eigenvalue weighted by molar-refractivity contribution is -0.0349. The Balaban J connectivity index is 1.93. The lowest BCUT2D eigenvalue weighted by Gasteiger charge is -2.32. The molecular formula is C11H19N3O2. The number of likely N-dealkylation sites (N-methyl/N-ethyl adjacent to an activating group) is 1. The van der Waals surface area contributed by atoms with Gasteiger partial charge in [0.15, 0.2) is 0 Å². The van der Waals surface area contributed by atoms with Crippen LogP contribution in [0.4, 0.5) is 0 Å². The Hall–Kier alpha value is -0.910. The van der Waals surface area contributed by atoms with Gasteiger partial charge in [-0.25, -0.2) is 4.98 Å². The Morgan fingerprint density at radius 3 is 3.25 bits per heavy atom. The number of nitrogens with zero attached hydrogens (tertiary/aromatic N) is 3. The molecule has 1 fully saturated rings.